The van der Waals surface area contributed by atoms with E-state index in [2.05, 4.69) is 5.10 Å². The Bertz CT molecular complexity index is 750. The normalized spacial score (nSPS) is 10.6. The van der Waals surface area contributed by atoms with Gasteiger partial charge in [-0.3, -0.25) is 14.7 Å². The van der Waals surface area contributed by atoms with Gasteiger partial charge in [0.2, 0.25) is 0 Å². The topological polar surface area (TPSA) is 105 Å². The van der Waals surface area contributed by atoms with Crippen molar-refractivity contribution in [1.29, 1.82) is 0 Å². The summed E-state index contributed by atoms with van der Waals surface area (Å²) < 4.78 is 6.12. The van der Waals surface area contributed by atoms with E-state index in [4.69, 9.17) is 9.52 Å². The summed E-state index contributed by atoms with van der Waals surface area (Å²) in [4.78, 5) is 34.2. The molecule has 0 spiro atoms. The third-order valence-corrected chi connectivity index (χ3v) is 2.92. The second-order valence-corrected chi connectivity index (χ2v) is 4.19. The molecule has 2 N–H and O–H groups in total. The first kappa shape index (κ1) is 12.9. The molecular weight excluding hydrogens is 252 g/mol. The van der Waals surface area contributed by atoms with Crippen LogP contribution in [0.15, 0.2) is 26.3 Å². The summed E-state index contributed by atoms with van der Waals surface area (Å²) >= 11 is 0. The molecule has 0 aromatic carbocycles. The van der Waals surface area contributed by atoms with Crippen LogP contribution in [0.4, 0.5) is 0 Å². The van der Waals surface area contributed by atoms with Gasteiger partial charge in [-0.25, -0.2) is 9.48 Å². The number of aromatic carboxylic acids is 1. The Balaban J connectivity index is 2.41. The fourth-order valence-corrected chi connectivity index (χ4v) is 1.63. The largest absolute Gasteiger partial charge is 0.478 e. The van der Waals surface area contributed by atoms with Crippen LogP contribution in [0.5, 0.6) is 0 Å². The van der Waals surface area contributed by atoms with E-state index in [1.807, 2.05) is 0 Å². The Kier molecular flexibility index (Phi) is 3.12. The molecule has 0 radical (unpaired) electrons. The molecule has 2 rings (SSSR count). The second-order valence-electron chi connectivity index (χ2n) is 4.19. The molecule has 2 heterocycles. The first-order chi connectivity index (χ1) is 8.90. The van der Waals surface area contributed by atoms with Crippen molar-refractivity contribution in [2.75, 3.05) is 0 Å². The van der Waals surface area contributed by atoms with Crippen LogP contribution in [-0.2, 0) is 6.54 Å². The van der Waals surface area contributed by atoms with E-state index in [1.54, 1.807) is 13.8 Å². The smallest absolute Gasteiger partial charge is 0.338 e. The molecule has 0 bridgehead atoms. The third-order valence-electron chi connectivity index (χ3n) is 2.92. The lowest BCUT2D eigenvalue weighted by Crippen LogP contribution is -2.33. The summed E-state index contributed by atoms with van der Waals surface area (Å²) in [5.74, 6) is -0.839. The summed E-state index contributed by atoms with van der Waals surface area (Å²) in [7, 11) is 0. The number of carboxylic acids is 1. The molecule has 2 aromatic heterocycles. The number of hydrogen-bond donors (Lipinski definition) is 2. The molecule has 7 heteroatoms. The summed E-state index contributed by atoms with van der Waals surface area (Å²) in [5.41, 5.74) is 0.0161. The van der Waals surface area contributed by atoms with Gasteiger partial charge in [0.1, 0.15) is 18.6 Å². The minimum atomic E-state index is -1.11. The van der Waals surface area contributed by atoms with Gasteiger partial charge in [-0.05, 0) is 19.9 Å². The average Bonchev–Trinajstić information content (AvgIpc) is 2.82. The molecule has 0 fully saturated rings. The number of nitrogens with one attached hydrogen (secondary N) is 1. The summed E-state index contributed by atoms with van der Waals surface area (Å²) in [5, 5.41) is 11.2. The molecule has 0 unspecified atom stereocenters. The number of carbonyl (C=O) groups is 1. The average molecular weight is 264 g/mol. The Morgan fingerprint density at radius 2 is 2.05 bits per heavy atom. The SMILES string of the molecule is Cc1c(C)c(=O)n(Cc2cc(C(=O)O)co2)[nH]c1=O. The molecule has 0 amide bonds. The van der Waals surface area contributed by atoms with Gasteiger partial charge in [0.05, 0.1) is 5.56 Å². The minimum absolute atomic E-state index is 0.00534. The van der Waals surface area contributed by atoms with Gasteiger partial charge >= 0.3 is 5.97 Å². The first-order valence-electron chi connectivity index (χ1n) is 5.51. The van der Waals surface area contributed by atoms with Gasteiger partial charge in [-0.2, -0.15) is 0 Å². The number of rotatable bonds is 3. The van der Waals surface area contributed by atoms with Crippen molar-refractivity contribution in [2.24, 2.45) is 0 Å². The van der Waals surface area contributed by atoms with E-state index in [0.717, 1.165) is 10.9 Å². The molecule has 0 aliphatic carbocycles. The molecule has 0 aliphatic heterocycles. The van der Waals surface area contributed by atoms with Crippen molar-refractivity contribution in [3.63, 3.8) is 0 Å². The maximum Gasteiger partial charge on any atom is 0.338 e. The maximum atomic E-state index is 11.9. The summed E-state index contributed by atoms with van der Waals surface area (Å²) in [6.45, 7) is 3.10. The number of furan rings is 1. The summed E-state index contributed by atoms with van der Waals surface area (Å²) in [6, 6.07) is 1.31. The lowest BCUT2D eigenvalue weighted by atomic mass is 10.2. The van der Waals surface area contributed by atoms with Crippen molar-refractivity contribution in [1.82, 2.24) is 9.78 Å². The van der Waals surface area contributed by atoms with Crippen LogP contribution >= 0.6 is 0 Å². The molecule has 0 saturated carbocycles. The van der Waals surface area contributed by atoms with Gasteiger partial charge in [0, 0.05) is 11.1 Å². The molecule has 0 saturated heterocycles. The first-order valence-corrected chi connectivity index (χ1v) is 5.51. The number of aromatic nitrogens is 2. The van der Waals surface area contributed by atoms with Gasteiger partial charge in [-0.15, -0.1) is 0 Å². The fraction of sp³-hybridized carbons (Fsp3) is 0.250. The van der Waals surface area contributed by atoms with E-state index >= 15 is 0 Å². The predicted molar refractivity (Wildman–Crippen MR) is 65.6 cm³/mol. The van der Waals surface area contributed by atoms with Gasteiger partial charge in [0.15, 0.2) is 0 Å². The van der Waals surface area contributed by atoms with Crippen molar-refractivity contribution in [2.45, 2.75) is 20.4 Å². The van der Waals surface area contributed by atoms with Crippen LogP contribution in [0.1, 0.15) is 27.2 Å². The molecule has 0 atom stereocenters. The highest BCUT2D eigenvalue weighted by Crippen LogP contribution is 2.08. The van der Waals surface area contributed by atoms with Crippen molar-refractivity contribution >= 4 is 5.97 Å². The van der Waals surface area contributed by atoms with E-state index in [9.17, 15) is 14.4 Å². The monoisotopic (exact) mass is 264 g/mol. The van der Waals surface area contributed by atoms with Crippen LogP contribution in [0.2, 0.25) is 0 Å². The minimum Gasteiger partial charge on any atom is -0.478 e. The van der Waals surface area contributed by atoms with Gasteiger partial charge in [0.25, 0.3) is 11.1 Å². The highest BCUT2D eigenvalue weighted by molar-refractivity contribution is 5.87. The Hall–Kier alpha value is -2.57. The number of carboxylic acid groups (broad SMARTS) is 1. The van der Waals surface area contributed by atoms with Crippen molar-refractivity contribution < 1.29 is 14.3 Å². The molecule has 7 nitrogen and oxygen atoms in total. The predicted octanol–water partition coefficient (Wildman–Crippen LogP) is 0.493. The van der Waals surface area contributed by atoms with E-state index in [1.165, 1.54) is 6.07 Å². The van der Waals surface area contributed by atoms with Crippen LogP contribution in [0.3, 0.4) is 0 Å². The standard InChI is InChI=1S/C12H12N2O5/c1-6-7(2)11(16)14(13-10(6)15)4-9-3-8(5-19-9)12(17)18/h3,5H,4H2,1-2H3,(H,13,15)(H,17,18). The van der Waals surface area contributed by atoms with Crippen LogP contribution in [0.25, 0.3) is 0 Å². The van der Waals surface area contributed by atoms with Crippen molar-refractivity contribution in [3.05, 3.63) is 55.5 Å². The molecule has 2 aromatic rings. The number of nitrogens with zero attached hydrogens (tertiary/aromatic N) is 1. The van der Waals surface area contributed by atoms with E-state index < -0.39 is 5.97 Å². The molecular formula is C12H12N2O5. The van der Waals surface area contributed by atoms with Crippen LogP contribution in [-0.4, -0.2) is 20.9 Å². The van der Waals surface area contributed by atoms with E-state index in [0.29, 0.717) is 11.1 Å². The van der Waals surface area contributed by atoms with Crippen molar-refractivity contribution in [3.8, 4) is 0 Å². The Morgan fingerprint density at radius 1 is 1.37 bits per heavy atom. The highest BCUT2D eigenvalue weighted by atomic mass is 16.4. The second kappa shape index (κ2) is 4.60. The fourth-order valence-electron chi connectivity index (χ4n) is 1.63. The number of H-pyrrole nitrogens is 1. The van der Waals surface area contributed by atoms with Gasteiger partial charge < -0.3 is 9.52 Å². The highest BCUT2D eigenvalue weighted by Gasteiger charge is 2.11. The zero-order valence-corrected chi connectivity index (χ0v) is 10.4. The number of hydrogen-bond acceptors (Lipinski definition) is 4. The quantitative estimate of drug-likeness (QED) is 0.839. The number of aromatic amines is 1. The molecule has 19 heavy (non-hydrogen) atoms. The zero-order chi connectivity index (χ0) is 14.2. The van der Waals surface area contributed by atoms with Crippen LogP contribution < -0.4 is 11.1 Å². The third kappa shape index (κ3) is 2.35. The lowest BCUT2D eigenvalue weighted by molar-refractivity contribution is 0.0696. The Morgan fingerprint density at radius 3 is 2.63 bits per heavy atom. The van der Waals surface area contributed by atoms with E-state index in [-0.39, 0.29) is 29.0 Å². The Labute approximate surface area is 107 Å². The lowest BCUT2D eigenvalue weighted by Gasteiger charge is -2.05. The summed E-state index contributed by atoms with van der Waals surface area (Å²) in [6.07, 6.45) is 1.09. The zero-order valence-electron chi connectivity index (χ0n) is 10.4. The maximum absolute atomic E-state index is 11.9. The molecule has 0 aliphatic rings. The van der Waals surface area contributed by atoms with Gasteiger partial charge in [-0.1, -0.05) is 0 Å². The molecule has 100 valence electrons. The van der Waals surface area contributed by atoms with Crippen LogP contribution in [0, 0.1) is 13.8 Å².